The zero-order valence-electron chi connectivity index (χ0n) is 9.26. The lowest BCUT2D eigenvalue weighted by molar-refractivity contribution is -0.116. The maximum atomic E-state index is 10.8. The Labute approximate surface area is 81.3 Å². The van der Waals surface area contributed by atoms with Crippen molar-refractivity contribution in [3.05, 3.63) is 0 Å². The Kier molecular flexibility index (Phi) is 2.81. The minimum absolute atomic E-state index is 0.193. The molecule has 0 aromatic rings. The molecule has 0 N–H and O–H groups in total. The number of carbonyl (C=O) groups excluding carboxylic acids is 1. The number of carbonyl (C=O) groups is 1. The first-order valence-electron chi connectivity index (χ1n) is 5.09. The number of hydrogen-bond donors (Lipinski definition) is 0. The van der Waals surface area contributed by atoms with Crippen LogP contribution in [0.3, 0.4) is 0 Å². The average molecular weight is 183 g/mol. The predicted octanol–water partition coefficient (Wildman–Crippen LogP) is 2.09. The second-order valence-electron chi connectivity index (χ2n) is 5.44. The van der Waals surface area contributed by atoms with Crippen LogP contribution in [0.15, 0.2) is 0 Å². The van der Waals surface area contributed by atoms with Crippen LogP contribution in [0, 0.1) is 5.41 Å². The first-order valence-corrected chi connectivity index (χ1v) is 5.09. The summed E-state index contributed by atoms with van der Waals surface area (Å²) in [7, 11) is 0. The van der Waals surface area contributed by atoms with Gasteiger partial charge in [-0.15, -0.1) is 0 Å². The molecule has 0 aromatic carbocycles. The standard InChI is InChI=1S/C11H21NO/c1-10(2,9-13)8-12-7-5-6-11(12,3)4/h9H,5-8H2,1-4H3. The zero-order valence-corrected chi connectivity index (χ0v) is 9.26. The van der Waals surface area contributed by atoms with Gasteiger partial charge in [-0.2, -0.15) is 0 Å². The molecule has 1 aliphatic rings. The summed E-state index contributed by atoms with van der Waals surface area (Å²) >= 11 is 0. The molecule has 13 heavy (non-hydrogen) atoms. The SMILES string of the molecule is CC(C)(C=O)CN1CCCC1(C)C. The lowest BCUT2D eigenvalue weighted by Gasteiger charge is -2.35. The van der Waals surface area contributed by atoms with E-state index in [1.54, 1.807) is 0 Å². The van der Waals surface area contributed by atoms with E-state index in [1.165, 1.54) is 12.8 Å². The van der Waals surface area contributed by atoms with Gasteiger partial charge in [-0.3, -0.25) is 4.90 Å². The van der Waals surface area contributed by atoms with Crippen molar-refractivity contribution in [2.75, 3.05) is 13.1 Å². The second-order valence-corrected chi connectivity index (χ2v) is 5.44. The molecule has 1 aliphatic heterocycles. The van der Waals surface area contributed by atoms with Gasteiger partial charge in [0.05, 0.1) is 0 Å². The van der Waals surface area contributed by atoms with Crippen molar-refractivity contribution in [2.24, 2.45) is 5.41 Å². The summed E-state index contributed by atoms with van der Waals surface area (Å²) in [4.78, 5) is 13.2. The van der Waals surface area contributed by atoms with Crippen molar-refractivity contribution < 1.29 is 4.79 Å². The minimum Gasteiger partial charge on any atom is -0.303 e. The molecule has 0 saturated carbocycles. The van der Waals surface area contributed by atoms with Crippen LogP contribution in [0.5, 0.6) is 0 Å². The van der Waals surface area contributed by atoms with E-state index < -0.39 is 0 Å². The van der Waals surface area contributed by atoms with Gasteiger partial charge in [-0.25, -0.2) is 0 Å². The summed E-state index contributed by atoms with van der Waals surface area (Å²) in [6.45, 7) is 10.6. The number of likely N-dealkylation sites (tertiary alicyclic amines) is 1. The Hall–Kier alpha value is -0.370. The Balaban J connectivity index is 2.59. The van der Waals surface area contributed by atoms with Crippen LogP contribution in [0.1, 0.15) is 40.5 Å². The first-order chi connectivity index (χ1) is 5.87. The van der Waals surface area contributed by atoms with E-state index in [2.05, 4.69) is 18.7 Å². The minimum atomic E-state index is -0.193. The lowest BCUT2D eigenvalue weighted by Crippen LogP contribution is -2.44. The van der Waals surface area contributed by atoms with Crippen molar-refractivity contribution in [3.8, 4) is 0 Å². The summed E-state index contributed by atoms with van der Waals surface area (Å²) in [6, 6.07) is 0. The van der Waals surface area contributed by atoms with Crippen LogP contribution in [-0.4, -0.2) is 29.8 Å². The number of nitrogens with zero attached hydrogens (tertiary/aromatic N) is 1. The fourth-order valence-electron chi connectivity index (χ4n) is 1.99. The molecule has 0 aliphatic carbocycles. The lowest BCUT2D eigenvalue weighted by atomic mass is 9.92. The van der Waals surface area contributed by atoms with Crippen molar-refractivity contribution >= 4 is 6.29 Å². The fraction of sp³-hybridized carbons (Fsp3) is 0.909. The monoisotopic (exact) mass is 183 g/mol. The third kappa shape index (κ3) is 2.53. The highest BCUT2D eigenvalue weighted by atomic mass is 16.1. The molecule has 1 heterocycles. The van der Waals surface area contributed by atoms with Gasteiger partial charge in [0.1, 0.15) is 6.29 Å². The van der Waals surface area contributed by atoms with Crippen LogP contribution in [-0.2, 0) is 4.79 Å². The van der Waals surface area contributed by atoms with Crippen LogP contribution in [0.2, 0.25) is 0 Å². The number of hydrogen-bond acceptors (Lipinski definition) is 2. The van der Waals surface area contributed by atoms with E-state index in [0.717, 1.165) is 19.4 Å². The Morgan fingerprint density at radius 2 is 2.08 bits per heavy atom. The van der Waals surface area contributed by atoms with Gasteiger partial charge in [-0.05, 0) is 33.2 Å². The fourth-order valence-corrected chi connectivity index (χ4v) is 1.99. The summed E-state index contributed by atoms with van der Waals surface area (Å²) in [5.74, 6) is 0. The maximum absolute atomic E-state index is 10.8. The molecule has 1 fully saturated rings. The van der Waals surface area contributed by atoms with E-state index >= 15 is 0 Å². The highest BCUT2D eigenvalue weighted by Gasteiger charge is 2.35. The number of aldehydes is 1. The summed E-state index contributed by atoms with van der Waals surface area (Å²) in [5, 5.41) is 0. The molecule has 2 heteroatoms. The largest absolute Gasteiger partial charge is 0.303 e. The molecule has 0 amide bonds. The van der Waals surface area contributed by atoms with E-state index in [9.17, 15) is 4.79 Å². The normalized spacial score (nSPS) is 23.4. The Morgan fingerprint density at radius 3 is 2.46 bits per heavy atom. The highest BCUT2D eigenvalue weighted by Crippen LogP contribution is 2.30. The van der Waals surface area contributed by atoms with E-state index in [0.29, 0.717) is 5.54 Å². The molecule has 0 unspecified atom stereocenters. The van der Waals surface area contributed by atoms with E-state index in [4.69, 9.17) is 0 Å². The molecular weight excluding hydrogens is 162 g/mol. The topological polar surface area (TPSA) is 20.3 Å². The number of rotatable bonds is 3. The van der Waals surface area contributed by atoms with Crippen molar-refractivity contribution in [3.63, 3.8) is 0 Å². The van der Waals surface area contributed by atoms with Crippen LogP contribution in [0.4, 0.5) is 0 Å². The predicted molar refractivity (Wildman–Crippen MR) is 54.7 cm³/mol. The second kappa shape index (κ2) is 3.41. The third-order valence-corrected chi connectivity index (χ3v) is 2.99. The van der Waals surface area contributed by atoms with Crippen LogP contribution in [0.25, 0.3) is 0 Å². The molecule has 1 saturated heterocycles. The molecule has 0 atom stereocenters. The van der Waals surface area contributed by atoms with Gasteiger partial charge in [0.15, 0.2) is 0 Å². The van der Waals surface area contributed by atoms with Gasteiger partial charge in [0.2, 0.25) is 0 Å². The van der Waals surface area contributed by atoms with Gasteiger partial charge >= 0.3 is 0 Å². The van der Waals surface area contributed by atoms with E-state index in [1.807, 2.05) is 13.8 Å². The summed E-state index contributed by atoms with van der Waals surface area (Å²) in [5.41, 5.74) is 0.0991. The highest BCUT2D eigenvalue weighted by molar-refractivity contribution is 5.58. The van der Waals surface area contributed by atoms with Crippen molar-refractivity contribution in [1.82, 2.24) is 4.90 Å². The molecule has 76 valence electrons. The molecule has 0 radical (unpaired) electrons. The molecule has 1 rings (SSSR count). The van der Waals surface area contributed by atoms with Gasteiger partial charge in [-0.1, -0.05) is 13.8 Å². The van der Waals surface area contributed by atoms with Gasteiger partial charge < -0.3 is 4.79 Å². The zero-order chi connectivity index (χ0) is 10.1. The molecule has 0 aromatic heterocycles. The Morgan fingerprint density at radius 1 is 1.46 bits per heavy atom. The first kappa shape index (κ1) is 10.7. The molecule has 0 bridgehead atoms. The van der Waals surface area contributed by atoms with Crippen LogP contribution >= 0.6 is 0 Å². The average Bonchev–Trinajstić information content (AvgIpc) is 2.31. The van der Waals surface area contributed by atoms with Gasteiger partial charge in [0, 0.05) is 17.5 Å². The quantitative estimate of drug-likeness (QED) is 0.624. The van der Waals surface area contributed by atoms with E-state index in [-0.39, 0.29) is 5.41 Å². The smallest absolute Gasteiger partial charge is 0.126 e. The third-order valence-electron chi connectivity index (χ3n) is 2.99. The molecule has 0 spiro atoms. The summed E-state index contributed by atoms with van der Waals surface area (Å²) in [6.07, 6.45) is 3.59. The van der Waals surface area contributed by atoms with Crippen LogP contribution < -0.4 is 0 Å². The van der Waals surface area contributed by atoms with Crippen molar-refractivity contribution in [2.45, 2.75) is 46.1 Å². The molecule has 2 nitrogen and oxygen atoms in total. The molecular formula is C11H21NO. The van der Waals surface area contributed by atoms with Gasteiger partial charge in [0.25, 0.3) is 0 Å². The Bertz CT molecular complexity index is 196. The van der Waals surface area contributed by atoms with Crippen molar-refractivity contribution in [1.29, 1.82) is 0 Å². The maximum Gasteiger partial charge on any atom is 0.126 e. The summed E-state index contributed by atoms with van der Waals surface area (Å²) < 4.78 is 0.